The van der Waals surface area contributed by atoms with Crippen LogP contribution in [-0.4, -0.2) is 60.7 Å². The number of rotatable bonds is 14. The van der Waals surface area contributed by atoms with Crippen molar-refractivity contribution in [2.45, 2.75) is 82.8 Å². The Morgan fingerprint density at radius 1 is 1.05 bits per heavy atom. The fraction of sp³-hybridized carbons (Fsp3) is 0.457. The average Bonchev–Trinajstić information content (AvgIpc) is 3.36. The number of carboxylic acid groups (broad SMARTS) is 1. The molecular formula is C35H46N2O5S. The Hall–Kier alpha value is -3.04. The third-order valence-corrected chi connectivity index (χ3v) is 10.5. The van der Waals surface area contributed by atoms with Crippen LogP contribution in [0.1, 0.15) is 61.4 Å². The van der Waals surface area contributed by atoms with E-state index in [2.05, 4.69) is 43.4 Å². The highest BCUT2D eigenvalue weighted by Crippen LogP contribution is 2.33. The lowest BCUT2D eigenvalue weighted by Gasteiger charge is -2.31. The van der Waals surface area contributed by atoms with Gasteiger partial charge in [0, 0.05) is 32.1 Å². The number of fused-ring (bicyclic) bond motifs is 1. The number of carbonyl (C=O) groups is 1. The summed E-state index contributed by atoms with van der Waals surface area (Å²) in [4.78, 5) is 11.4. The third-order valence-electron chi connectivity index (χ3n) is 8.60. The van der Waals surface area contributed by atoms with E-state index in [1.807, 2.05) is 38.1 Å². The first kappa shape index (κ1) is 32.9. The Kier molecular flexibility index (Phi) is 10.5. The van der Waals surface area contributed by atoms with Crippen LogP contribution in [0.5, 0.6) is 0 Å². The van der Waals surface area contributed by atoms with E-state index in [4.69, 9.17) is 0 Å². The number of likely N-dealkylation sites (N-methyl/N-ethyl adjacent to an activating group) is 1. The molecule has 0 amide bonds. The van der Waals surface area contributed by atoms with Crippen molar-refractivity contribution in [1.29, 1.82) is 0 Å². The number of nitrogens with zero attached hydrogens (tertiary/aromatic N) is 1. The molecule has 0 heterocycles. The van der Waals surface area contributed by atoms with Crippen molar-refractivity contribution in [3.8, 4) is 11.1 Å². The van der Waals surface area contributed by atoms with Gasteiger partial charge < -0.3 is 15.5 Å². The molecule has 43 heavy (non-hydrogen) atoms. The molecule has 0 aromatic heterocycles. The van der Waals surface area contributed by atoms with Crippen LogP contribution in [0.4, 0.5) is 0 Å². The minimum atomic E-state index is -3.85. The average molecular weight is 607 g/mol. The van der Waals surface area contributed by atoms with Crippen molar-refractivity contribution >= 4 is 16.0 Å². The molecule has 0 aliphatic heterocycles. The van der Waals surface area contributed by atoms with Gasteiger partial charge in [0.2, 0.25) is 10.0 Å². The molecule has 3 N–H and O–H groups in total. The highest BCUT2D eigenvalue weighted by Gasteiger charge is 2.30. The number of β-amino-alcohol motifs (C(OH)–C–C–N with tert-alkyl or cyclic N) is 1. The van der Waals surface area contributed by atoms with Crippen molar-refractivity contribution in [2.24, 2.45) is 5.92 Å². The molecule has 0 saturated heterocycles. The zero-order chi connectivity index (χ0) is 31.4. The van der Waals surface area contributed by atoms with E-state index in [0.717, 1.165) is 41.5 Å². The lowest BCUT2D eigenvalue weighted by atomic mass is 9.88. The topological polar surface area (TPSA) is 107 Å². The van der Waals surface area contributed by atoms with Crippen molar-refractivity contribution in [3.05, 3.63) is 88.5 Å². The first-order valence-electron chi connectivity index (χ1n) is 15.2. The molecule has 3 aromatic rings. The number of nitrogens with one attached hydrogen (secondary N) is 1. The number of aryl methyl sites for hydroxylation is 3. The molecule has 1 aliphatic rings. The van der Waals surface area contributed by atoms with Crippen LogP contribution in [0.25, 0.3) is 11.1 Å². The monoisotopic (exact) mass is 606 g/mol. The maximum absolute atomic E-state index is 13.7. The van der Waals surface area contributed by atoms with Gasteiger partial charge in [0.15, 0.2) is 0 Å². The molecule has 0 radical (unpaired) electrons. The maximum atomic E-state index is 13.7. The zero-order valence-corrected chi connectivity index (χ0v) is 26.9. The van der Waals surface area contributed by atoms with Gasteiger partial charge in [0.1, 0.15) is 0 Å². The molecule has 232 valence electrons. The maximum Gasteiger partial charge on any atom is 0.303 e. The number of aliphatic hydroxyl groups is 1. The number of carboxylic acids is 1. The van der Waals surface area contributed by atoms with Gasteiger partial charge in [-0.25, -0.2) is 8.42 Å². The summed E-state index contributed by atoms with van der Waals surface area (Å²) < 4.78 is 28.6. The lowest BCUT2D eigenvalue weighted by molar-refractivity contribution is -0.136. The van der Waals surface area contributed by atoms with Crippen molar-refractivity contribution in [1.82, 2.24) is 9.62 Å². The largest absolute Gasteiger partial charge is 0.481 e. The number of sulfonamides is 1. The molecule has 8 heteroatoms. The Balaban J connectivity index is 1.41. The van der Waals surface area contributed by atoms with Gasteiger partial charge in [-0.3, -0.25) is 4.79 Å². The summed E-state index contributed by atoms with van der Waals surface area (Å²) >= 11 is 0. The standard InChI is InChI=1S/C35H46N2O5S/c1-6-26-20-30(34-24(2)10-9-13-27(34)15-17-33(39)40)14-16-32(26)43(41,42)37(5)23-31(38)22-36-35(3,4)21-25-18-28-11-7-8-12-29(28)19-25/h7-14,16,20,25,31,36,38H,6,15,17-19,21-23H2,1-5H3,(H,39,40). The van der Waals surface area contributed by atoms with Gasteiger partial charge in [-0.2, -0.15) is 4.31 Å². The smallest absolute Gasteiger partial charge is 0.303 e. The summed E-state index contributed by atoms with van der Waals surface area (Å²) in [6.07, 6.45) is 3.16. The van der Waals surface area contributed by atoms with E-state index in [-0.39, 0.29) is 23.4 Å². The van der Waals surface area contributed by atoms with Crippen LogP contribution in [0.2, 0.25) is 0 Å². The van der Waals surface area contributed by atoms with E-state index in [0.29, 0.717) is 30.9 Å². The Morgan fingerprint density at radius 2 is 1.72 bits per heavy atom. The van der Waals surface area contributed by atoms with Gasteiger partial charge in [0.05, 0.1) is 11.0 Å². The number of hydrogen-bond acceptors (Lipinski definition) is 5. The SMILES string of the molecule is CCc1cc(-c2c(C)cccc2CCC(=O)O)ccc1S(=O)(=O)N(C)CC(O)CNC(C)(C)CC1Cc2ccccc2C1. The molecule has 0 bridgehead atoms. The molecule has 7 nitrogen and oxygen atoms in total. The number of benzene rings is 3. The van der Waals surface area contributed by atoms with Crippen LogP contribution >= 0.6 is 0 Å². The Morgan fingerprint density at radius 3 is 2.35 bits per heavy atom. The van der Waals surface area contributed by atoms with E-state index in [9.17, 15) is 23.4 Å². The van der Waals surface area contributed by atoms with E-state index < -0.39 is 22.1 Å². The molecule has 0 fully saturated rings. The van der Waals surface area contributed by atoms with Gasteiger partial charge >= 0.3 is 5.97 Å². The molecule has 1 atom stereocenters. The van der Waals surface area contributed by atoms with Crippen LogP contribution in [-0.2, 0) is 40.5 Å². The molecular weight excluding hydrogens is 560 g/mol. The first-order chi connectivity index (χ1) is 20.3. The van der Waals surface area contributed by atoms with E-state index in [1.165, 1.54) is 22.5 Å². The van der Waals surface area contributed by atoms with Crippen molar-refractivity contribution < 1.29 is 23.4 Å². The number of aliphatic hydroxyl groups excluding tert-OH is 1. The second-order valence-electron chi connectivity index (χ2n) is 12.6. The van der Waals surface area contributed by atoms with Crippen LogP contribution in [0, 0.1) is 12.8 Å². The molecule has 1 aliphatic carbocycles. The highest BCUT2D eigenvalue weighted by atomic mass is 32.2. The molecule has 4 rings (SSSR count). The first-order valence-corrected chi connectivity index (χ1v) is 16.6. The summed E-state index contributed by atoms with van der Waals surface area (Å²) in [5.74, 6) is -0.310. The van der Waals surface area contributed by atoms with Crippen LogP contribution in [0.3, 0.4) is 0 Å². The number of aliphatic carboxylic acids is 1. The third kappa shape index (κ3) is 8.12. The summed E-state index contributed by atoms with van der Waals surface area (Å²) in [6, 6.07) is 19.8. The quantitative estimate of drug-likeness (QED) is 0.227. The second kappa shape index (κ2) is 13.7. The van der Waals surface area contributed by atoms with Crippen molar-refractivity contribution in [2.75, 3.05) is 20.1 Å². The lowest BCUT2D eigenvalue weighted by Crippen LogP contribution is -2.47. The summed E-state index contributed by atoms with van der Waals surface area (Å²) in [5.41, 5.74) is 7.08. The summed E-state index contributed by atoms with van der Waals surface area (Å²) in [7, 11) is -2.34. The molecule has 1 unspecified atom stereocenters. The second-order valence-corrected chi connectivity index (χ2v) is 14.6. The van der Waals surface area contributed by atoms with E-state index >= 15 is 0 Å². The fourth-order valence-corrected chi connectivity index (χ4v) is 7.94. The minimum Gasteiger partial charge on any atom is -0.481 e. The molecule has 0 saturated carbocycles. The van der Waals surface area contributed by atoms with Gasteiger partial charge in [-0.05, 0) is 110 Å². The predicted molar refractivity (Wildman–Crippen MR) is 172 cm³/mol. The summed E-state index contributed by atoms with van der Waals surface area (Å²) in [6.45, 7) is 8.44. The van der Waals surface area contributed by atoms with Gasteiger partial charge in [0.25, 0.3) is 0 Å². The predicted octanol–water partition coefficient (Wildman–Crippen LogP) is 5.40. The van der Waals surface area contributed by atoms with Crippen LogP contribution in [0.15, 0.2) is 65.6 Å². The Bertz CT molecular complexity index is 1520. The van der Waals surface area contributed by atoms with Gasteiger partial charge in [-0.1, -0.05) is 55.5 Å². The molecule has 0 spiro atoms. The normalized spacial score (nSPS) is 14.7. The number of hydrogen-bond donors (Lipinski definition) is 3. The highest BCUT2D eigenvalue weighted by molar-refractivity contribution is 7.89. The fourth-order valence-electron chi connectivity index (χ4n) is 6.46. The Labute approximate surface area is 257 Å². The van der Waals surface area contributed by atoms with Gasteiger partial charge in [-0.15, -0.1) is 0 Å². The zero-order valence-electron chi connectivity index (χ0n) is 26.1. The molecule has 3 aromatic carbocycles. The summed E-state index contributed by atoms with van der Waals surface area (Å²) in [5, 5.41) is 23.5. The van der Waals surface area contributed by atoms with E-state index in [1.54, 1.807) is 12.1 Å². The minimum absolute atomic E-state index is 0.0254. The van der Waals surface area contributed by atoms with Crippen molar-refractivity contribution in [3.63, 3.8) is 0 Å². The van der Waals surface area contributed by atoms with Crippen LogP contribution < -0.4 is 5.32 Å².